The second-order valence-electron chi connectivity index (χ2n) is 7.59. The SMILES string of the molecule is CC(C)(C)C(=O)C(/C(=C\C1CCOCC1)n1cccn1)=S(C)(C)=O. The number of aromatic nitrogens is 2. The fourth-order valence-electron chi connectivity index (χ4n) is 2.71. The molecule has 0 bridgehead atoms. The van der Waals surface area contributed by atoms with Crippen molar-refractivity contribution in [2.75, 3.05) is 25.7 Å². The number of rotatable bonds is 4. The second kappa shape index (κ2) is 7.23. The molecule has 0 aliphatic carbocycles. The van der Waals surface area contributed by atoms with Crippen molar-refractivity contribution < 1.29 is 13.7 Å². The lowest BCUT2D eigenvalue weighted by Crippen LogP contribution is -2.35. The molecule has 1 aromatic rings. The quantitative estimate of drug-likeness (QED) is 0.617. The lowest BCUT2D eigenvalue weighted by atomic mass is 9.87. The fraction of sp³-hybridized carbons (Fsp3) is 0.611. The third kappa shape index (κ3) is 4.57. The Bertz CT molecular complexity index is 719. The summed E-state index contributed by atoms with van der Waals surface area (Å²) in [7, 11) is -2.47. The normalized spacial score (nSPS) is 17.8. The van der Waals surface area contributed by atoms with Crippen molar-refractivity contribution in [2.45, 2.75) is 33.6 Å². The van der Waals surface area contributed by atoms with Crippen molar-refractivity contribution in [3.63, 3.8) is 0 Å². The topological polar surface area (TPSA) is 61.2 Å². The average Bonchev–Trinajstić information content (AvgIpc) is 2.99. The van der Waals surface area contributed by atoms with E-state index in [1.165, 1.54) is 0 Å². The van der Waals surface area contributed by atoms with Crippen LogP contribution < -0.4 is 0 Å². The van der Waals surface area contributed by atoms with E-state index < -0.39 is 14.9 Å². The molecule has 0 atom stereocenters. The molecule has 0 radical (unpaired) electrons. The molecule has 0 unspecified atom stereocenters. The fourth-order valence-corrected chi connectivity index (χ4v) is 4.12. The number of hydrogen-bond donors (Lipinski definition) is 0. The van der Waals surface area contributed by atoms with E-state index in [1.54, 1.807) is 29.6 Å². The van der Waals surface area contributed by atoms with E-state index in [-0.39, 0.29) is 5.78 Å². The lowest BCUT2D eigenvalue weighted by molar-refractivity contribution is -0.119. The van der Waals surface area contributed by atoms with Gasteiger partial charge in [0.15, 0.2) is 5.78 Å². The van der Waals surface area contributed by atoms with Crippen molar-refractivity contribution in [2.24, 2.45) is 11.3 Å². The Morgan fingerprint density at radius 1 is 1.29 bits per heavy atom. The van der Waals surface area contributed by atoms with Gasteiger partial charge >= 0.3 is 0 Å². The molecule has 2 rings (SSSR count). The summed E-state index contributed by atoms with van der Waals surface area (Å²) in [5.74, 6) is 0.203. The highest BCUT2D eigenvalue weighted by atomic mass is 32.2. The molecule has 0 saturated carbocycles. The van der Waals surface area contributed by atoms with Crippen LogP contribution in [0.1, 0.15) is 33.6 Å². The van der Waals surface area contributed by atoms with Gasteiger partial charge in [0.25, 0.3) is 0 Å². The van der Waals surface area contributed by atoms with Gasteiger partial charge in [0.2, 0.25) is 0 Å². The summed E-state index contributed by atoms with van der Waals surface area (Å²) in [6.45, 7) is 6.99. The zero-order valence-electron chi connectivity index (χ0n) is 15.2. The predicted octanol–water partition coefficient (Wildman–Crippen LogP) is 2.48. The van der Waals surface area contributed by atoms with Crippen LogP contribution in [0.5, 0.6) is 0 Å². The minimum Gasteiger partial charge on any atom is -0.381 e. The largest absolute Gasteiger partial charge is 0.381 e. The zero-order valence-corrected chi connectivity index (χ0v) is 16.1. The highest BCUT2D eigenvalue weighted by molar-refractivity contribution is 8.03. The molecule has 0 spiro atoms. The first-order chi connectivity index (χ1) is 11.1. The summed E-state index contributed by atoms with van der Waals surface area (Å²) < 4.78 is 20.1. The average molecular weight is 352 g/mol. The minimum atomic E-state index is -2.47. The number of Topliss-reactive ketones (excluding diaryl/α,β-unsaturated/α-hetero) is 1. The molecule has 1 saturated heterocycles. The third-order valence-corrected chi connectivity index (χ3v) is 5.40. The Morgan fingerprint density at radius 3 is 2.38 bits per heavy atom. The molecule has 24 heavy (non-hydrogen) atoms. The summed E-state index contributed by atoms with van der Waals surface area (Å²) in [4.78, 5) is 13.4. The summed E-state index contributed by atoms with van der Waals surface area (Å²) in [5, 5.41) is 4.30. The number of carbonyl (C=O) groups is 1. The molecule has 6 heteroatoms. The Morgan fingerprint density at radius 2 is 1.92 bits per heavy atom. The molecule has 5 nitrogen and oxygen atoms in total. The van der Waals surface area contributed by atoms with E-state index in [1.807, 2.05) is 26.8 Å². The first kappa shape index (κ1) is 18.9. The summed E-state index contributed by atoms with van der Waals surface area (Å²) in [6.07, 6.45) is 10.6. The first-order valence-corrected chi connectivity index (χ1v) is 10.6. The molecule has 1 aromatic heterocycles. The number of ether oxygens (including phenoxy) is 1. The standard InChI is InChI=1S/C18H28N2O3S/c1-18(2,3)17(21)16(24(4,5)22)15(20-10-6-9-19-20)13-14-7-11-23-12-8-14/h6,9-10,13-14H,7-8,11-12H2,1-5H3/b15-13+. The van der Waals surface area contributed by atoms with Crippen molar-refractivity contribution >= 4 is 25.9 Å². The predicted molar refractivity (Wildman–Crippen MR) is 99.5 cm³/mol. The Balaban J connectivity index is 2.62. The van der Waals surface area contributed by atoms with E-state index >= 15 is 0 Å². The number of hydrogen-bond acceptors (Lipinski definition) is 4. The van der Waals surface area contributed by atoms with Gasteiger partial charge in [-0.05, 0) is 34.3 Å². The van der Waals surface area contributed by atoms with Gasteiger partial charge in [-0.1, -0.05) is 26.8 Å². The maximum Gasteiger partial charge on any atom is 0.178 e. The summed E-state index contributed by atoms with van der Waals surface area (Å²) in [5.41, 5.74) is 0.0492. The van der Waals surface area contributed by atoms with Crippen molar-refractivity contribution in [1.82, 2.24) is 9.78 Å². The Hall–Kier alpha value is -1.40. The van der Waals surface area contributed by atoms with E-state index in [9.17, 15) is 9.00 Å². The summed E-state index contributed by atoms with van der Waals surface area (Å²) in [6, 6.07) is 1.81. The molecule has 0 amide bonds. The van der Waals surface area contributed by atoms with Crippen LogP contribution in [0.2, 0.25) is 0 Å². The highest BCUT2D eigenvalue weighted by Crippen LogP contribution is 2.25. The molecule has 2 heterocycles. The van der Waals surface area contributed by atoms with Crippen LogP contribution in [0.3, 0.4) is 0 Å². The van der Waals surface area contributed by atoms with Gasteiger partial charge in [-0.3, -0.25) is 9.00 Å². The van der Waals surface area contributed by atoms with E-state index in [0.717, 1.165) is 12.8 Å². The van der Waals surface area contributed by atoms with Gasteiger partial charge in [0.1, 0.15) is 0 Å². The minimum absolute atomic E-state index is 0.0914. The molecule has 134 valence electrons. The van der Waals surface area contributed by atoms with Crippen LogP contribution in [0.15, 0.2) is 24.5 Å². The van der Waals surface area contributed by atoms with Gasteiger partial charge in [-0.2, -0.15) is 5.10 Å². The van der Waals surface area contributed by atoms with Crippen molar-refractivity contribution in [1.29, 1.82) is 0 Å². The second-order valence-corrected chi connectivity index (χ2v) is 10.5. The van der Waals surface area contributed by atoms with Crippen molar-refractivity contribution in [3.8, 4) is 0 Å². The van der Waals surface area contributed by atoms with Crippen LogP contribution in [-0.2, 0) is 19.1 Å². The molecule has 1 fully saturated rings. The van der Waals surface area contributed by atoms with Crippen LogP contribution >= 0.6 is 0 Å². The maximum atomic E-state index is 13.1. The van der Waals surface area contributed by atoms with Gasteiger partial charge in [-0.25, -0.2) is 4.68 Å². The molecular formula is C18H28N2O3S. The highest BCUT2D eigenvalue weighted by Gasteiger charge is 2.32. The zero-order chi connectivity index (χ0) is 18.0. The molecule has 0 N–H and O–H groups in total. The third-order valence-electron chi connectivity index (χ3n) is 4.02. The van der Waals surface area contributed by atoms with Gasteiger partial charge < -0.3 is 4.74 Å². The van der Waals surface area contributed by atoms with Gasteiger partial charge in [-0.15, -0.1) is 0 Å². The van der Waals surface area contributed by atoms with E-state index in [2.05, 4.69) is 11.2 Å². The van der Waals surface area contributed by atoms with Crippen molar-refractivity contribution in [3.05, 3.63) is 24.5 Å². The number of allylic oxidation sites excluding steroid dienone is 2. The van der Waals surface area contributed by atoms with Gasteiger partial charge in [0.05, 0.1) is 10.6 Å². The molecule has 0 aromatic carbocycles. The number of carbonyl (C=O) groups excluding carboxylic acids is 1. The monoisotopic (exact) mass is 352 g/mol. The first-order valence-electron chi connectivity index (χ1n) is 8.26. The van der Waals surface area contributed by atoms with E-state index in [0.29, 0.717) is 29.7 Å². The van der Waals surface area contributed by atoms with Crippen LogP contribution in [0.4, 0.5) is 0 Å². The molecular weight excluding hydrogens is 324 g/mol. The van der Waals surface area contributed by atoms with Crippen LogP contribution in [0, 0.1) is 11.3 Å². The summed E-state index contributed by atoms with van der Waals surface area (Å²) >= 11 is 0. The molecule has 1 aliphatic heterocycles. The lowest BCUT2D eigenvalue weighted by Gasteiger charge is -2.25. The smallest absolute Gasteiger partial charge is 0.178 e. The van der Waals surface area contributed by atoms with Crippen LogP contribution in [-0.4, -0.2) is 50.4 Å². The molecule has 1 aliphatic rings. The van der Waals surface area contributed by atoms with Gasteiger partial charge in [0, 0.05) is 43.5 Å². The Kier molecular flexibility index (Phi) is 5.71. The maximum absolute atomic E-state index is 13.1. The number of ketones is 1. The Labute approximate surface area is 145 Å². The van der Waals surface area contributed by atoms with E-state index in [4.69, 9.17) is 4.74 Å². The van der Waals surface area contributed by atoms with Crippen LogP contribution in [0.25, 0.3) is 5.70 Å². The number of nitrogens with zero attached hydrogens (tertiary/aromatic N) is 2.